The molecule has 2 aromatic heterocycles. The molecule has 0 spiro atoms. The van der Waals surface area contributed by atoms with E-state index in [0.29, 0.717) is 5.92 Å². The molecule has 5 nitrogen and oxygen atoms in total. The van der Waals surface area contributed by atoms with Gasteiger partial charge in [-0.15, -0.1) is 10.2 Å². The number of hydrogen-bond donors (Lipinski definition) is 1. The second-order valence-electron chi connectivity index (χ2n) is 5.68. The molecule has 19 heavy (non-hydrogen) atoms. The Hall–Kier alpha value is -1.01. The van der Waals surface area contributed by atoms with Crippen molar-refractivity contribution in [2.45, 2.75) is 63.8 Å². The SMILES string of the molecule is CC(N)C(C)c1nn2c(C3CCCCC3)nnc2s1. The lowest BCUT2D eigenvalue weighted by molar-refractivity contribution is 0.422. The summed E-state index contributed by atoms with van der Waals surface area (Å²) in [5.74, 6) is 1.85. The fraction of sp³-hybridized carbons (Fsp3) is 0.769. The molecule has 1 saturated carbocycles. The van der Waals surface area contributed by atoms with Crippen LogP contribution in [0.1, 0.15) is 68.6 Å². The molecule has 0 saturated heterocycles. The van der Waals surface area contributed by atoms with E-state index in [1.165, 1.54) is 32.1 Å². The van der Waals surface area contributed by atoms with Crippen LogP contribution in [0, 0.1) is 0 Å². The van der Waals surface area contributed by atoms with E-state index in [9.17, 15) is 0 Å². The van der Waals surface area contributed by atoms with Gasteiger partial charge in [0.1, 0.15) is 5.01 Å². The van der Waals surface area contributed by atoms with Crippen LogP contribution in [0.5, 0.6) is 0 Å². The highest BCUT2D eigenvalue weighted by Crippen LogP contribution is 2.33. The number of nitrogens with zero attached hydrogens (tertiary/aromatic N) is 4. The second-order valence-corrected chi connectivity index (χ2v) is 6.66. The second kappa shape index (κ2) is 5.17. The van der Waals surface area contributed by atoms with E-state index in [1.54, 1.807) is 11.3 Å². The maximum Gasteiger partial charge on any atom is 0.234 e. The molecule has 0 bridgehead atoms. The van der Waals surface area contributed by atoms with Crippen molar-refractivity contribution < 1.29 is 0 Å². The third-order valence-corrected chi connectivity index (χ3v) is 5.28. The minimum atomic E-state index is 0.113. The lowest BCUT2D eigenvalue weighted by Gasteiger charge is -2.18. The Morgan fingerprint density at radius 3 is 2.63 bits per heavy atom. The van der Waals surface area contributed by atoms with E-state index in [2.05, 4.69) is 17.1 Å². The van der Waals surface area contributed by atoms with Crippen molar-refractivity contribution in [3.05, 3.63) is 10.8 Å². The molecule has 2 heterocycles. The molecule has 2 unspecified atom stereocenters. The molecule has 6 heteroatoms. The van der Waals surface area contributed by atoms with Gasteiger partial charge < -0.3 is 5.73 Å². The van der Waals surface area contributed by atoms with Crippen LogP contribution in [-0.2, 0) is 0 Å². The van der Waals surface area contributed by atoms with Crippen molar-refractivity contribution in [3.8, 4) is 0 Å². The zero-order valence-corrected chi connectivity index (χ0v) is 12.4. The van der Waals surface area contributed by atoms with E-state index in [0.717, 1.165) is 15.8 Å². The molecule has 0 amide bonds. The van der Waals surface area contributed by atoms with Crippen LogP contribution in [0.3, 0.4) is 0 Å². The van der Waals surface area contributed by atoms with Crippen LogP contribution in [0.2, 0.25) is 0 Å². The summed E-state index contributed by atoms with van der Waals surface area (Å²) in [6, 6.07) is 0.113. The third-order valence-electron chi connectivity index (χ3n) is 4.18. The molecule has 0 radical (unpaired) electrons. The summed E-state index contributed by atoms with van der Waals surface area (Å²) in [5, 5.41) is 14.4. The molecule has 1 aliphatic rings. The largest absolute Gasteiger partial charge is 0.327 e. The molecule has 2 N–H and O–H groups in total. The normalized spacial score (nSPS) is 20.8. The summed E-state index contributed by atoms with van der Waals surface area (Å²) in [6.07, 6.45) is 6.38. The van der Waals surface area contributed by atoms with Gasteiger partial charge in [0.05, 0.1) is 0 Å². The predicted molar refractivity (Wildman–Crippen MR) is 76.5 cm³/mol. The first kappa shape index (κ1) is 13.0. The molecule has 3 rings (SSSR count). The summed E-state index contributed by atoms with van der Waals surface area (Å²) in [4.78, 5) is 0.906. The molecule has 104 valence electrons. The van der Waals surface area contributed by atoms with Gasteiger partial charge in [0.15, 0.2) is 5.82 Å². The smallest absolute Gasteiger partial charge is 0.234 e. The van der Waals surface area contributed by atoms with Crippen LogP contribution >= 0.6 is 11.3 Å². The Labute approximate surface area is 117 Å². The lowest BCUT2D eigenvalue weighted by Crippen LogP contribution is -2.22. The Kier molecular flexibility index (Phi) is 3.54. The summed E-state index contributed by atoms with van der Waals surface area (Å²) < 4.78 is 1.95. The Morgan fingerprint density at radius 2 is 1.95 bits per heavy atom. The van der Waals surface area contributed by atoms with Crippen LogP contribution < -0.4 is 5.73 Å². The van der Waals surface area contributed by atoms with E-state index < -0.39 is 0 Å². The number of nitrogens with two attached hydrogens (primary N) is 1. The van der Waals surface area contributed by atoms with Gasteiger partial charge in [-0.1, -0.05) is 37.5 Å². The molecule has 1 aliphatic carbocycles. The maximum atomic E-state index is 5.96. The van der Waals surface area contributed by atoms with Crippen molar-refractivity contribution >= 4 is 16.3 Å². The standard InChI is InChI=1S/C13H21N5S/c1-8(9(2)14)12-17-18-11(15-16-13(18)19-12)10-6-4-3-5-7-10/h8-10H,3-7,14H2,1-2H3. The number of fused-ring (bicyclic) bond motifs is 1. The van der Waals surface area contributed by atoms with Gasteiger partial charge in [-0.25, -0.2) is 0 Å². The van der Waals surface area contributed by atoms with E-state index in [1.807, 2.05) is 11.4 Å². The maximum absolute atomic E-state index is 5.96. The van der Waals surface area contributed by atoms with E-state index >= 15 is 0 Å². The predicted octanol–water partition coefficient (Wildman–Crippen LogP) is 2.68. The quantitative estimate of drug-likeness (QED) is 0.938. The van der Waals surface area contributed by atoms with Crippen molar-refractivity contribution in [1.82, 2.24) is 19.8 Å². The van der Waals surface area contributed by atoms with Crippen molar-refractivity contribution in [2.75, 3.05) is 0 Å². The summed E-state index contributed by atoms with van der Waals surface area (Å²) >= 11 is 1.62. The average molecular weight is 279 g/mol. The topological polar surface area (TPSA) is 69.1 Å². The summed E-state index contributed by atoms with van der Waals surface area (Å²) in [7, 11) is 0. The summed E-state index contributed by atoms with van der Waals surface area (Å²) in [6.45, 7) is 4.14. The molecular weight excluding hydrogens is 258 g/mol. The number of rotatable bonds is 3. The average Bonchev–Trinajstić information content (AvgIpc) is 2.98. The van der Waals surface area contributed by atoms with Crippen LogP contribution in [0.25, 0.3) is 4.96 Å². The fourth-order valence-electron chi connectivity index (χ4n) is 2.67. The van der Waals surface area contributed by atoms with Gasteiger partial charge in [-0.2, -0.15) is 9.61 Å². The summed E-state index contributed by atoms with van der Waals surface area (Å²) in [5.41, 5.74) is 5.96. The van der Waals surface area contributed by atoms with Gasteiger partial charge >= 0.3 is 0 Å². The van der Waals surface area contributed by atoms with E-state index in [4.69, 9.17) is 10.8 Å². The monoisotopic (exact) mass is 279 g/mol. The van der Waals surface area contributed by atoms with Gasteiger partial charge in [0.2, 0.25) is 4.96 Å². The Balaban J connectivity index is 1.93. The van der Waals surface area contributed by atoms with Gasteiger partial charge in [0, 0.05) is 17.9 Å². The number of aromatic nitrogens is 4. The Morgan fingerprint density at radius 1 is 1.21 bits per heavy atom. The van der Waals surface area contributed by atoms with Crippen molar-refractivity contribution in [1.29, 1.82) is 0 Å². The Bertz CT molecular complexity index is 552. The zero-order chi connectivity index (χ0) is 13.4. The third kappa shape index (κ3) is 2.39. The van der Waals surface area contributed by atoms with Crippen LogP contribution in [-0.4, -0.2) is 25.9 Å². The molecular formula is C13H21N5S. The molecule has 2 aromatic rings. The molecule has 0 aliphatic heterocycles. The van der Waals surface area contributed by atoms with Gasteiger partial charge in [-0.05, 0) is 19.8 Å². The minimum absolute atomic E-state index is 0.113. The van der Waals surface area contributed by atoms with Crippen LogP contribution in [0.4, 0.5) is 0 Å². The highest BCUT2D eigenvalue weighted by molar-refractivity contribution is 7.16. The number of hydrogen-bond acceptors (Lipinski definition) is 5. The molecule has 2 atom stereocenters. The van der Waals surface area contributed by atoms with Gasteiger partial charge in [-0.3, -0.25) is 0 Å². The highest BCUT2D eigenvalue weighted by atomic mass is 32.1. The van der Waals surface area contributed by atoms with Gasteiger partial charge in [0.25, 0.3) is 0 Å². The lowest BCUT2D eigenvalue weighted by atomic mass is 9.89. The van der Waals surface area contributed by atoms with Crippen molar-refractivity contribution in [2.24, 2.45) is 5.73 Å². The molecule has 1 fully saturated rings. The first-order valence-corrected chi connectivity index (χ1v) is 7.96. The zero-order valence-electron chi connectivity index (χ0n) is 11.5. The van der Waals surface area contributed by atoms with E-state index in [-0.39, 0.29) is 12.0 Å². The highest BCUT2D eigenvalue weighted by Gasteiger charge is 2.24. The first-order valence-electron chi connectivity index (χ1n) is 7.14. The minimum Gasteiger partial charge on any atom is -0.327 e. The fourth-order valence-corrected chi connectivity index (χ4v) is 3.68. The van der Waals surface area contributed by atoms with Crippen LogP contribution in [0.15, 0.2) is 0 Å². The molecule has 0 aromatic carbocycles. The van der Waals surface area contributed by atoms with Crippen molar-refractivity contribution in [3.63, 3.8) is 0 Å². The first-order chi connectivity index (χ1) is 9.16.